The minimum absolute atomic E-state index is 0.110. The average molecular weight is 440 g/mol. The number of sulfonamides is 1. The zero-order valence-electron chi connectivity index (χ0n) is 14.1. The molecule has 0 unspecified atom stereocenters. The molecule has 0 radical (unpaired) electrons. The standard InChI is InChI=1S/C18H18BrNO5S/c1-13-2-8-16(9-3-13)26(23,24)20-11-10-18(22)25-12-17(21)14-4-6-15(19)7-5-14/h2-9,20H,10-12H2,1H3. The van der Waals surface area contributed by atoms with Gasteiger partial charge in [0, 0.05) is 16.6 Å². The Morgan fingerprint density at radius 1 is 1.04 bits per heavy atom. The van der Waals surface area contributed by atoms with Crippen LogP contribution in [0.4, 0.5) is 0 Å². The molecule has 138 valence electrons. The molecule has 26 heavy (non-hydrogen) atoms. The molecule has 0 saturated carbocycles. The predicted molar refractivity (Wildman–Crippen MR) is 100 cm³/mol. The molecule has 0 bridgehead atoms. The number of carbonyl (C=O) groups excluding carboxylic acids is 2. The summed E-state index contributed by atoms with van der Waals surface area (Å²) < 4.78 is 32.2. The molecule has 0 fully saturated rings. The van der Waals surface area contributed by atoms with Crippen molar-refractivity contribution in [2.24, 2.45) is 0 Å². The Labute approximate surface area is 160 Å². The summed E-state index contributed by atoms with van der Waals surface area (Å²) in [4.78, 5) is 23.7. The Hall–Kier alpha value is -2.03. The van der Waals surface area contributed by atoms with E-state index in [1.165, 1.54) is 12.1 Å². The van der Waals surface area contributed by atoms with Crippen LogP contribution < -0.4 is 4.72 Å². The van der Waals surface area contributed by atoms with E-state index >= 15 is 0 Å². The van der Waals surface area contributed by atoms with E-state index in [-0.39, 0.29) is 30.3 Å². The normalized spacial score (nSPS) is 11.2. The number of aryl methyl sites for hydroxylation is 1. The molecule has 2 aromatic rings. The van der Waals surface area contributed by atoms with Crippen LogP contribution in [0, 0.1) is 6.92 Å². The Kier molecular flexibility index (Phi) is 7.07. The highest BCUT2D eigenvalue weighted by molar-refractivity contribution is 9.10. The molecule has 0 aliphatic heterocycles. The summed E-state index contributed by atoms with van der Waals surface area (Å²) in [5, 5.41) is 0. The third-order valence-corrected chi connectivity index (χ3v) is 5.49. The van der Waals surface area contributed by atoms with Gasteiger partial charge in [0.1, 0.15) is 0 Å². The maximum Gasteiger partial charge on any atom is 0.307 e. The molecule has 0 heterocycles. The van der Waals surface area contributed by atoms with Gasteiger partial charge in [0.2, 0.25) is 10.0 Å². The lowest BCUT2D eigenvalue weighted by Gasteiger charge is -2.07. The van der Waals surface area contributed by atoms with Gasteiger partial charge in [-0.3, -0.25) is 9.59 Å². The van der Waals surface area contributed by atoms with Crippen molar-refractivity contribution in [1.82, 2.24) is 4.72 Å². The minimum Gasteiger partial charge on any atom is -0.457 e. The largest absolute Gasteiger partial charge is 0.457 e. The SMILES string of the molecule is Cc1ccc(S(=O)(=O)NCCC(=O)OCC(=O)c2ccc(Br)cc2)cc1. The number of nitrogens with one attached hydrogen (secondary N) is 1. The van der Waals surface area contributed by atoms with Gasteiger partial charge < -0.3 is 4.74 Å². The van der Waals surface area contributed by atoms with Gasteiger partial charge in [0.15, 0.2) is 12.4 Å². The van der Waals surface area contributed by atoms with E-state index in [9.17, 15) is 18.0 Å². The summed E-state index contributed by atoms with van der Waals surface area (Å²) in [6, 6.07) is 13.0. The highest BCUT2D eigenvalue weighted by atomic mass is 79.9. The van der Waals surface area contributed by atoms with Gasteiger partial charge in [0.05, 0.1) is 11.3 Å². The van der Waals surface area contributed by atoms with Crippen LogP contribution in [0.25, 0.3) is 0 Å². The lowest BCUT2D eigenvalue weighted by Crippen LogP contribution is -2.27. The van der Waals surface area contributed by atoms with Crippen molar-refractivity contribution in [1.29, 1.82) is 0 Å². The zero-order valence-corrected chi connectivity index (χ0v) is 16.5. The summed E-state index contributed by atoms with van der Waals surface area (Å²) in [5.41, 5.74) is 1.38. The molecule has 2 aromatic carbocycles. The number of halogens is 1. The lowest BCUT2D eigenvalue weighted by atomic mass is 10.1. The van der Waals surface area contributed by atoms with E-state index in [2.05, 4.69) is 20.7 Å². The fourth-order valence-electron chi connectivity index (χ4n) is 2.03. The number of rotatable bonds is 8. The third-order valence-electron chi connectivity index (χ3n) is 3.48. The summed E-state index contributed by atoms with van der Waals surface area (Å²) in [5.74, 6) is -0.979. The predicted octanol–water partition coefficient (Wildman–Crippen LogP) is 2.85. The van der Waals surface area contributed by atoms with Crippen molar-refractivity contribution in [2.45, 2.75) is 18.2 Å². The molecule has 0 aromatic heterocycles. The Morgan fingerprint density at radius 3 is 2.27 bits per heavy atom. The smallest absolute Gasteiger partial charge is 0.307 e. The lowest BCUT2D eigenvalue weighted by molar-refractivity contribution is -0.142. The monoisotopic (exact) mass is 439 g/mol. The first-order valence-corrected chi connectivity index (χ1v) is 10.1. The topological polar surface area (TPSA) is 89.5 Å². The number of ketones is 1. The highest BCUT2D eigenvalue weighted by Crippen LogP contribution is 2.11. The van der Waals surface area contributed by atoms with Gasteiger partial charge in [-0.1, -0.05) is 45.8 Å². The molecule has 1 N–H and O–H groups in total. The Bertz CT molecular complexity index is 877. The molecule has 8 heteroatoms. The Morgan fingerprint density at radius 2 is 1.65 bits per heavy atom. The van der Waals surface area contributed by atoms with Gasteiger partial charge in [-0.2, -0.15) is 0 Å². The number of carbonyl (C=O) groups is 2. The van der Waals surface area contributed by atoms with E-state index in [0.29, 0.717) is 5.56 Å². The van der Waals surface area contributed by atoms with Crippen molar-refractivity contribution in [3.8, 4) is 0 Å². The van der Waals surface area contributed by atoms with Gasteiger partial charge in [-0.25, -0.2) is 13.1 Å². The molecule has 2 rings (SSSR count). The molecular formula is C18H18BrNO5S. The van der Waals surface area contributed by atoms with E-state index < -0.39 is 16.0 Å². The molecule has 0 aliphatic carbocycles. The van der Waals surface area contributed by atoms with Crippen LogP contribution in [0.1, 0.15) is 22.3 Å². The fraction of sp³-hybridized carbons (Fsp3) is 0.222. The average Bonchev–Trinajstić information content (AvgIpc) is 2.60. The number of ether oxygens (including phenoxy) is 1. The van der Waals surface area contributed by atoms with E-state index in [1.54, 1.807) is 36.4 Å². The molecule has 0 saturated heterocycles. The quantitative estimate of drug-likeness (QED) is 0.504. The van der Waals surface area contributed by atoms with Crippen LogP contribution in [-0.4, -0.2) is 33.3 Å². The number of Topliss-reactive ketones (excluding diaryl/α,β-unsaturated/α-hetero) is 1. The first-order valence-electron chi connectivity index (χ1n) is 7.79. The van der Waals surface area contributed by atoms with Crippen LogP contribution in [0.15, 0.2) is 57.9 Å². The maximum absolute atomic E-state index is 12.1. The van der Waals surface area contributed by atoms with Crippen LogP contribution in [0.5, 0.6) is 0 Å². The molecule has 0 aliphatic rings. The summed E-state index contributed by atoms with van der Waals surface area (Å²) in [7, 11) is -3.68. The first kappa shape index (κ1) is 20.3. The highest BCUT2D eigenvalue weighted by Gasteiger charge is 2.15. The van der Waals surface area contributed by atoms with Crippen molar-refractivity contribution in [3.05, 3.63) is 64.1 Å². The maximum atomic E-state index is 12.1. The second-order valence-electron chi connectivity index (χ2n) is 5.55. The van der Waals surface area contributed by atoms with Gasteiger partial charge in [-0.15, -0.1) is 0 Å². The number of hydrogen-bond acceptors (Lipinski definition) is 5. The van der Waals surface area contributed by atoms with Crippen LogP contribution in [0.3, 0.4) is 0 Å². The Balaban J connectivity index is 1.77. The van der Waals surface area contributed by atoms with Crippen molar-refractivity contribution in [3.63, 3.8) is 0 Å². The van der Waals surface area contributed by atoms with Crippen LogP contribution in [0.2, 0.25) is 0 Å². The summed E-state index contributed by atoms with van der Waals surface area (Å²) in [6.45, 7) is 1.36. The van der Waals surface area contributed by atoms with Crippen LogP contribution >= 0.6 is 15.9 Å². The third kappa shape index (κ3) is 6.05. The molecule has 0 atom stereocenters. The molecular weight excluding hydrogens is 422 g/mol. The van der Waals surface area contributed by atoms with E-state index in [1.807, 2.05) is 6.92 Å². The molecule has 0 amide bonds. The van der Waals surface area contributed by atoms with Crippen molar-refractivity contribution in [2.75, 3.05) is 13.2 Å². The summed E-state index contributed by atoms with van der Waals surface area (Å²) >= 11 is 3.27. The van der Waals surface area contributed by atoms with Crippen molar-refractivity contribution < 1.29 is 22.7 Å². The number of hydrogen-bond donors (Lipinski definition) is 1. The van der Waals surface area contributed by atoms with E-state index in [4.69, 9.17) is 4.74 Å². The first-order chi connectivity index (χ1) is 12.3. The second kappa shape index (κ2) is 9.07. The number of benzene rings is 2. The minimum atomic E-state index is -3.68. The zero-order chi connectivity index (χ0) is 19.2. The summed E-state index contributed by atoms with van der Waals surface area (Å²) in [6.07, 6.45) is -0.168. The number of esters is 1. The van der Waals surface area contributed by atoms with E-state index in [0.717, 1.165) is 10.0 Å². The van der Waals surface area contributed by atoms with Gasteiger partial charge in [-0.05, 0) is 31.2 Å². The second-order valence-corrected chi connectivity index (χ2v) is 8.23. The molecule has 0 spiro atoms. The molecule has 6 nitrogen and oxygen atoms in total. The van der Waals surface area contributed by atoms with Gasteiger partial charge in [0.25, 0.3) is 0 Å². The van der Waals surface area contributed by atoms with Gasteiger partial charge >= 0.3 is 5.97 Å². The fourth-order valence-corrected chi connectivity index (χ4v) is 3.32. The van der Waals surface area contributed by atoms with Crippen LogP contribution in [-0.2, 0) is 19.6 Å². The van der Waals surface area contributed by atoms with Crippen molar-refractivity contribution >= 4 is 37.7 Å².